The average molecular weight is 327 g/mol. The summed E-state index contributed by atoms with van der Waals surface area (Å²) in [5, 5.41) is 6.58. The highest BCUT2D eigenvalue weighted by atomic mass is 79.9. The molecule has 0 spiro atoms. The van der Waals surface area contributed by atoms with Crippen molar-refractivity contribution in [3.63, 3.8) is 0 Å². The third-order valence-electron chi connectivity index (χ3n) is 2.56. The van der Waals surface area contributed by atoms with E-state index in [4.69, 9.17) is 4.74 Å². The van der Waals surface area contributed by atoms with Crippen LogP contribution in [0.3, 0.4) is 0 Å². The number of hydrogen-bond donors (Lipinski definition) is 1. The standard InChI is InChI=1S/C13H15BrN2OS/c1-17-12-3-2-11(14)8-10(12)9-15-5-4-13-16-6-7-18-13/h2-3,6-8,15H,4-5,9H2,1H3. The van der Waals surface area contributed by atoms with Crippen LogP contribution in [-0.2, 0) is 13.0 Å². The Kier molecular flexibility index (Phi) is 5.16. The lowest BCUT2D eigenvalue weighted by Crippen LogP contribution is -2.17. The van der Waals surface area contributed by atoms with E-state index in [1.54, 1.807) is 18.4 Å². The van der Waals surface area contributed by atoms with Crippen LogP contribution in [0.1, 0.15) is 10.6 Å². The molecule has 0 bridgehead atoms. The number of halogens is 1. The van der Waals surface area contributed by atoms with Gasteiger partial charge in [0.2, 0.25) is 0 Å². The Morgan fingerprint density at radius 1 is 1.44 bits per heavy atom. The van der Waals surface area contributed by atoms with Crippen molar-refractivity contribution < 1.29 is 4.74 Å². The zero-order valence-electron chi connectivity index (χ0n) is 10.1. The van der Waals surface area contributed by atoms with Gasteiger partial charge >= 0.3 is 0 Å². The summed E-state index contributed by atoms with van der Waals surface area (Å²) in [6.45, 7) is 1.72. The molecular weight excluding hydrogens is 312 g/mol. The van der Waals surface area contributed by atoms with Gasteiger partial charge in [0.25, 0.3) is 0 Å². The van der Waals surface area contributed by atoms with Gasteiger partial charge in [0, 0.05) is 41.1 Å². The van der Waals surface area contributed by atoms with Gasteiger partial charge in [0.1, 0.15) is 5.75 Å². The molecule has 0 atom stereocenters. The summed E-state index contributed by atoms with van der Waals surface area (Å²) in [6, 6.07) is 6.04. The number of thiazole rings is 1. The number of ether oxygens (including phenoxy) is 1. The second kappa shape index (κ2) is 6.87. The van der Waals surface area contributed by atoms with Crippen LogP contribution >= 0.6 is 27.3 Å². The monoisotopic (exact) mass is 326 g/mol. The van der Waals surface area contributed by atoms with Crippen molar-refractivity contribution in [2.24, 2.45) is 0 Å². The summed E-state index contributed by atoms with van der Waals surface area (Å²) in [5.41, 5.74) is 1.16. The van der Waals surface area contributed by atoms with E-state index in [0.29, 0.717) is 0 Å². The largest absolute Gasteiger partial charge is 0.496 e. The Labute approximate surface area is 119 Å². The molecule has 0 aliphatic heterocycles. The fourth-order valence-electron chi connectivity index (χ4n) is 1.68. The minimum Gasteiger partial charge on any atom is -0.496 e. The van der Waals surface area contributed by atoms with Crippen LogP contribution < -0.4 is 10.1 Å². The molecule has 0 aliphatic carbocycles. The van der Waals surface area contributed by atoms with Crippen molar-refractivity contribution in [1.29, 1.82) is 0 Å². The smallest absolute Gasteiger partial charge is 0.123 e. The van der Waals surface area contributed by atoms with Crippen molar-refractivity contribution in [1.82, 2.24) is 10.3 Å². The molecular formula is C13H15BrN2OS. The number of hydrogen-bond acceptors (Lipinski definition) is 4. The molecule has 0 aliphatic rings. The molecule has 1 N–H and O–H groups in total. The number of benzene rings is 1. The van der Waals surface area contributed by atoms with Gasteiger partial charge in [-0.05, 0) is 18.2 Å². The average Bonchev–Trinajstić information content (AvgIpc) is 2.88. The second-order valence-corrected chi connectivity index (χ2v) is 5.70. The maximum Gasteiger partial charge on any atom is 0.123 e. The first-order chi connectivity index (χ1) is 8.79. The predicted octanol–water partition coefficient (Wildman–Crippen LogP) is 3.25. The van der Waals surface area contributed by atoms with E-state index in [0.717, 1.165) is 35.3 Å². The van der Waals surface area contributed by atoms with Crippen LogP contribution in [0.2, 0.25) is 0 Å². The summed E-state index contributed by atoms with van der Waals surface area (Å²) >= 11 is 5.17. The molecule has 1 aromatic carbocycles. The highest BCUT2D eigenvalue weighted by Gasteiger charge is 2.03. The lowest BCUT2D eigenvalue weighted by atomic mass is 10.2. The van der Waals surface area contributed by atoms with Crippen LogP contribution in [0, 0.1) is 0 Å². The van der Waals surface area contributed by atoms with Crippen molar-refractivity contribution in [2.75, 3.05) is 13.7 Å². The number of aromatic nitrogens is 1. The molecule has 0 amide bonds. The van der Waals surface area contributed by atoms with Gasteiger partial charge in [-0.3, -0.25) is 0 Å². The predicted molar refractivity (Wildman–Crippen MR) is 78.2 cm³/mol. The van der Waals surface area contributed by atoms with Gasteiger partial charge in [0.15, 0.2) is 0 Å². The van der Waals surface area contributed by atoms with Crippen LogP contribution in [0.4, 0.5) is 0 Å². The Morgan fingerprint density at radius 3 is 3.06 bits per heavy atom. The molecule has 96 valence electrons. The lowest BCUT2D eigenvalue weighted by Gasteiger charge is -2.09. The zero-order chi connectivity index (χ0) is 12.8. The molecule has 0 saturated carbocycles. The van der Waals surface area contributed by atoms with Gasteiger partial charge in [-0.15, -0.1) is 11.3 Å². The second-order valence-electron chi connectivity index (χ2n) is 3.81. The molecule has 2 aromatic rings. The summed E-state index contributed by atoms with van der Waals surface area (Å²) in [7, 11) is 1.70. The van der Waals surface area contributed by atoms with Crippen LogP contribution in [-0.4, -0.2) is 18.6 Å². The topological polar surface area (TPSA) is 34.1 Å². The molecule has 1 heterocycles. The molecule has 18 heavy (non-hydrogen) atoms. The first-order valence-electron chi connectivity index (χ1n) is 5.71. The highest BCUT2D eigenvalue weighted by Crippen LogP contribution is 2.22. The Hall–Kier alpha value is -0.910. The van der Waals surface area contributed by atoms with Crippen molar-refractivity contribution in [3.05, 3.63) is 44.8 Å². The summed E-state index contributed by atoms with van der Waals surface area (Å²) in [6.07, 6.45) is 2.81. The molecule has 5 heteroatoms. The maximum atomic E-state index is 5.33. The van der Waals surface area contributed by atoms with Gasteiger partial charge in [-0.25, -0.2) is 4.98 Å². The molecule has 3 nitrogen and oxygen atoms in total. The summed E-state index contributed by atoms with van der Waals surface area (Å²) < 4.78 is 6.40. The fraction of sp³-hybridized carbons (Fsp3) is 0.308. The van der Waals surface area contributed by atoms with E-state index < -0.39 is 0 Å². The van der Waals surface area contributed by atoms with Gasteiger partial charge in [-0.2, -0.15) is 0 Å². The third kappa shape index (κ3) is 3.80. The first kappa shape index (κ1) is 13.5. The Balaban J connectivity index is 1.84. The van der Waals surface area contributed by atoms with E-state index in [-0.39, 0.29) is 0 Å². The van der Waals surface area contributed by atoms with E-state index in [1.165, 1.54) is 5.01 Å². The zero-order valence-corrected chi connectivity index (χ0v) is 12.6. The van der Waals surface area contributed by atoms with Crippen molar-refractivity contribution >= 4 is 27.3 Å². The van der Waals surface area contributed by atoms with Crippen LogP contribution in [0.15, 0.2) is 34.2 Å². The molecule has 0 unspecified atom stereocenters. The van der Waals surface area contributed by atoms with Gasteiger partial charge in [-0.1, -0.05) is 15.9 Å². The minimum absolute atomic E-state index is 0.800. The highest BCUT2D eigenvalue weighted by molar-refractivity contribution is 9.10. The molecule has 0 radical (unpaired) electrons. The summed E-state index contributed by atoms with van der Waals surface area (Å²) in [5.74, 6) is 0.917. The fourth-order valence-corrected chi connectivity index (χ4v) is 2.71. The minimum atomic E-state index is 0.800. The van der Waals surface area contributed by atoms with E-state index in [9.17, 15) is 0 Å². The van der Waals surface area contributed by atoms with Gasteiger partial charge < -0.3 is 10.1 Å². The number of rotatable bonds is 6. The lowest BCUT2D eigenvalue weighted by molar-refractivity contribution is 0.407. The van der Waals surface area contributed by atoms with Crippen LogP contribution in [0.5, 0.6) is 5.75 Å². The van der Waals surface area contributed by atoms with Crippen LogP contribution in [0.25, 0.3) is 0 Å². The van der Waals surface area contributed by atoms with Gasteiger partial charge in [0.05, 0.1) is 12.1 Å². The van der Waals surface area contributed by atoms with E-state index >= 15 is 0 Å². The van der Waals surface area contributed by atoms with Crippen molar-refractivity contribution in [3.8, 4) is 5.75 Å². The normalized spacial score (nSPS) is 10.6. The molecule has 0 fully saturated rings. The number of nitrogens with one attached hydrogen (secondary N) is 1. The quantitative estimate of drug-likeness (QED) is 0.827. The Bertz CT molecular complexity index is 488. The summed E-state index contributed by atoms with van der Waals surface area (Å²) in [4.78, 5) is 4.25. The number of methoxy groups -OCH3 is 1. The number of nitrogens with zero attached hydrogens (tertiary/aromatic N) is 1. The van der Waals surface area contributed by atoms with Crippen molar-refractivity contribution in [2.45, 2.75) is 13.0 Å². The first-order valence-corrected chi connectivity index (χ1v) is 7.38. The molecule has 2 rings (SSSR count). The maximum absolute atomic E-state index is 5.33. The molecule has 0 saturated heterocycles. The Morgan fingerprint density at radius 2 is 2.33 bits per heavy atom. The third-order valence-corrected chi connectivity index (χ3v) is 3.89. The van der Waals surface area contributed by atoms with E-state index in [1.807, 2.05) is 23.7 Å². The molecule has 1 aromatic heterocycles. The SMILES string of the molecule is COc1ccc(Br)cc1CNCCc1nccs1. The van der Waals surface area contributed by atoms with E-state index in [2.05, 4.69) is 32.3 Å².